The molecule has 2 rings (SSSR count). The highest BCUT2D eigenvalue weighted by Gasteiger charge is 1.98. The quantitative estimate of drug-likeness (QED) is 0.800. The van der Waals surface area contributed by atoms with E-state index in [1.54, 1.807) is 12.1 Å². The van der Waals surface area contributed by atoms with E-state index in [1.165, 1.54) is 17.7 Å². The average Bonchev–Trinajstić information content (AvgIpc) is 2.40. The standard InChI is InChI=1S/C15H16FNO/c1-2-3-12-6-9-15(17-10-12)18-11-13-4-7-14(16)8-5-13/h4-10H,2-3,11H2,1H3. The zero-order valence-electron chi connectivity index (χ0n) is 10.4. The summed E-state index contributed by atoms with van der Waals surface area (Å²) in [5.74, 6) is 0.361. The molecule has 0 spiro atoms. The third-order valence-corrected chi connectivity index (χ3v) is 2.64. The number of pyridine rings is 1. The van der Waals surface area contributed by atoms with Crippen LogP contribution < -0.4 is 4.74 Å². The summed E-state index contributed by atoms with van der Waals surface area (Å²) >= 11 is 0. The number of nitrogens with zero attached hydrogens (tertiary/aromatic N) is 1. The van der Waals surface area contributed by atoms with E-state index in [2.05, 4.69) is 11.9 Å². The molecule has 0 saturated carbocycles. The number of aryl methyl sites for hydroxylation is 1. The third kappa shape index (κ3) is 3.55. The summed E-state index contributed by atoms with van der Waals surface area (Å²) in [5, 5.41) is 0. The first-order valence-corrected chi connectivity index (χ1v) is 6.10. The Morgan fingerprint density at radius 2 is 1.78 bits per heavy atom. The number of hydrogen-bond donors (Lipinski definition) is 0. The molecule has 3 heteroatoms. The Hall–Kier alpha value is -1.90. The fourth-order valence-corrected chi connectivity index (χ4v) is 1.67. The summed E-state index contributed by atoms with van der Waals surface area (Å²) < 4.78 is 18.2. The first-order chi connectivity index (χ1) is 8.78. The molecule has 18 heavy (non-hydrogen) atoms. The molecule has 2 nitrogen and oxygen atoms in total. The van der Waals surface area contributed by atoms with E-state index in [0.717, 1.165) is 18.4 Å². The van der Waals surface area contributed by atoms with Gasteiger partial charge in [0.1, 0.15) is 12.4 Å². The Morgan fingerprint density at radius 3 is 2.39 bits per heavy atom. The smallest absolute Gasteiger partial charge is 0.213 e. The van der Waals surface area contributed by atoms with Crippen LogP contribution in [0.25, 0.3) is 0 Å². The van der Waals surface area contributed by atoms with Crippen molar-refractivity contribution >= 4 is 0 Å². The lowest BCUT2D eigenvalue weighted by Gasteiger charge is -2.06. The number of aromatic nitrogens is 1. The minimum Gasteiger partial charge on any atom is -0.473 e. The second-order valence-corrected chi connectivity index (χ2v) is 4.17. The molecular weight excluding hydrogens is 229 g/mol. The van der Waals surface area contributed by atoms with E-state index < -0.39 is 0 Å². The van der Waals surface area contributed by atoms with Crippen molar-refractivity contribution in [3.05, 3.63) is 59.5 Å². The molecule has 0 saturated heterocycles. The van der Waals surface area contributed by atoms with Crippen molar-refractivity contribution in [2.45, 2.75) is 26.4 Å². The maximum atomic E-state index is 12.7. The van der Waals surface area contributed by atoms with Crippen LogP contribution in [-0.4, -0.2) is 4.98 Å². The van der Waals surface area contributed by atoms with Crippen molar-refractivity contribution in [2.24, 2.45) is 0 Å². The summed E-state index contributed by atoms with van der Waals surface area (Å²) in [5.41, 5.74) is 2.14. The zero-order valence-corrected chi connectivity index (χ0v) is 10.4. The molecule has 1 aromatic carbocycles. The summed E-state index contributed by atoms with van der Waals surface area (Å²) in [6.45, 7) is 2.54. The van der Waals surface area contributed by atoms with Gasteiger partial charge < -0.3 is 4.74 Å². The highest BCUT2D eigenvalue weighted by Crippen LogP contribution is 2.11. The fraction of sp³-hybridized carbons (Fsp3) is 0.267. The van der Waals surface area contributed by atoms with Crippen molar-refractivity contribution in [3.63, 3.8) is 0 Å². The van der Waals surface area contributed by atoms with Gasteiger partial charge in [-0.25, -0.2) is 9.37 Å². The van der Waals surface area contributed by atoms with E-state index in [4.69, 9.17) is 4.74 Å². The fourth-order valence-electron chi connectivity index (χ4n) is 1.67. The van der Waals surface area contributed by atoms with Crippen molar-refractivity contribution in [1.29, 1.82) is 0 Å². The molecule has 94 valence electrons. The first kappa shape index (κ1) is 12.6. The Balaban J connectivity index is 1.91. The average molecular weight is 245 g/mol. The molecule has 1 aromatic heterocycles. The van der Waals surface area contributed by atoms with Gasteiger partial charge in [-0.1, -0.05) is 31.5 Å². The van der Waals surface area contributed by atoms with Gasteiger partial charge in [-0.05, 0) is 29.7 Å². The van der Waals surface area contributed by atoms with Crippen molar-refractivity contribution in [2.75, 3.05) is 0 Å². The summed E-state index contributed by atoms with van der Waals surface area (Å²) in [6, 6.07) is 10.2. The van der Waals surface area contributed by atoms with Gasteiger partial charge in [0.2, 0.25) is 5.88 Å². The van der Waals surface area contributed by atoms with Crippen molar-refractivity contribution < 1.29 is 9.13 Å². The van der Waals surface area contributed by atoms with Crippen molar-refractivity contribution in [1.82, 2.24) is 4.98 Å². The molecule has 1 heterocycles. The van der Waals surface area contributed by atoms with Gasteiger partial charge in [-0.2, -0.15) is 0 Å². The lowest BCUT2D eigenvalue weighted by molar-refractivity contribution is 0.293. The van der Waals surface area contributed by atoms with Crippen LogP contribution in [0.4, 0.5) is 4.39 Å². The van der Waals surface area contributed by atoms with Gasteiger partial charge >= 0.3 is 0 Å². The predicted octanol–water partition coefficient (Wildman–Crippen LogP) is 3.75. The summed E-state index contributed by atoms with van der Waals surface area (Å²) in [4.78, 5) is 4.23. The molecule has 0 aliphatic rings. The van der Waals surface area contributed by atoms with Gasteiger partial charge in [0.15, 0.2) is 0 Å². The maximum absolute atomic E-state index is 12.7. The van der Waals surface area contributed by atoms with E-state index in [-0.39, 0.29) is 5.82 Å². The maximum Gasteiger partial charge on any atom is 0.213 e. The third-order valence-electron chi connectivity index (χ3n) is 2.64. The van der Waals surface area contributed by atoms with Crippen LogP contribution in [0.3, 0.4) is 0 Å². The van der Waals surface area contributed by atoms with E-state index in [0.29, 0.717) is 12.5 Å². The monoisotopic (exact) mass is 245 g/mol. The summed E-state index contributed by atoms with van der Waals surface area (Å²) in [7, 11) is 0. The Bertz CT molecular complexity index is 479. The molecule has 0 atom stereocenters. The van der Waals surface area contributed by atoms with Gasteiger partial charge in [-0.3, -0.25) is 0 Å². The molecule has 0 radical (unpaired) electrons. The number of ether oxygens (including phenoxy) is 1. The number of halogens is 1. The highest BCUT2D eigenvalue weighted by molar-refractivity contribution is 5.19. The second-order valence-electron chi connectivity index (χ2n) is 4.17. The SMILES string of the molecule is CCCc1ccc(OCc2ccc(F)cc2)nc1. The van der Waals surface area contributed by atoms with Gasteiger partial charge in [0, 0.05) is 12.3 Å². The topological polar surface area (TPSA) is 22.1 Å². The normalized spacial score (nSPS) is 10.3. The number of benzene rings is 1. The molecule has 0 aliphatic carbocycles. The van der Waals surface area contributed by atoms with E-state index in [1.807, 2.05) is 18.3 Å². The largest absolute Gasteiger partial charge is 0.473 e. The van der Waals surface area contributed by atoms with Crippen LogP contribution in [0.5, 0.6) is 5.88 Å². The van der Waals surface area contributed by atoms with Crippen LogP contribution in [0, 0.1) is 5.82 Å². The van der Waals surface area contributed by atoms with Crippen LogP contribution >= 0.6 is 0 Å². The molecule has 2 aromatic rings. The minimum atomic E-state index is -0.235. The molecule has 0 aliphatic heterocycles. The van der Waals surface area contributed by atoms with Crippen molar-refractivity contribution in [3.8, 4) is 5.88 Å². The Morgan fingerprint density at radius 1 is 1.06 bits per heavy atom. The molecule has 0 amide bonds. The predicted molar refractivity (Wildman–Crippen MR) is 69.0 cm³/mol. The van der Waals surface area contributed by atoms with Crippen LogP contribution in [0.15, 0.2) is 42.6 Å². The minimum absolute atomic E-state index is 0.235. The second kappa shape index (κ2) is 6.15. The molecular formula is C15H16FNO. The van der Waals surface area contributed by atoms with Crippen LogP contribution in [0.2, 0.25) is 0 Å². The first-order valence-electron chi connectivity index (χ1n) is 6.10. The molecule has 0 unspecified atom stereocenters. The highest BCUT2D eigenvalue weighted by atomic mass is 19.1. The molecule has 0 N–H and O–H groups in total. The van der Waals surface area contributed by atoms with Gasteiger partial charge in [0.05, 0.1) is 0 Å². The molecule has 0 bridgehead atoms. The molecule has 0 fully saturated rings. The Labute approximate surface area is 106 Å². The zero-order chi connectivity index (χ0) is 12.8. The van der Waals surface area contributed by atoms with Gasteiger partial charge in [0.25, 0.3) is 0 Å². The van der Waals surface area contributed by atoms with E-state index in [9.17, 15) is 4.39 Å². The number of hydrogen-bond acceptors (Lipinski definition) is 2. The lowest BCUT2D eigenvalue weighted by atomic mass is 10.2. The number of rotatable bonds is 5. The van der Waals surface area contributed by atoms with Gasteiger partial charge in [-0.15, -0.1) is 0 Å². The van der Waals surface area contributed by atoms with E-state index >= 15 is 0 Å². The van der Waals surface area contributed by atoms with Crippen LogP contribution in [-0.2, 0) is 13.0 Å². The summed E-state index contributed by atoms with van der Waals surface area (Å²) in [6.07, 6.45) is 3.98. The lowest BCUT2D eigenvalue weighted by Crippen LogP contribution is -1.97. The Kier molecular flexibility index (Phi) is 4.29. The van der Waals surface area contributed by atoms with Crippen LogP contribution in [0.1, 0.15) is 24.5 Å².